The minimum atomic E-state index is 0.339. The molecule has 0 aliphatic carbocycles. The SMILES string of the molecule is Bc1cc(O)cc2ccccc12. The van der Waals surface area contributed by atoms with Crippen LogP contribution in [-0.2, 0) is 0 Å². The van der Waals surface area contributed by atoms with Gasteiger partial charge in [-0.2, -0.15) is 0 Å². The third-order valence-electron chi connectivity index (χ3n) is 2.05. The summed E-state index contributed by atoms with van der Waals surface area (Å²) < 4.78 is 0. The van der Waals surface area contributed by atoms with Crippen molar-refractivity contribution in [2.45, 2.75) is 0 Å². The Balaban J connectivity index is 2.89. The Morgan fingerprint density at radius 3 is 2.67 bits per heavy atom. The summed E-state index contributed by atoms with van der Waals surface area (Å²) in [5, 5.41) is 11.6. The zero-order chi connectivity index (χ0) is 8.55. The van der Waals surface area contributed by atoms with Crippen molar-refractivity contribution in [2.75, 3.05) is 0 Å². The maximum absolute atomic E-state index is 9.31. The first kappa shape index (κ1) is 7.23. The van der Waals surface area contributed by atoms with Gasteiger partial charge in [0.25, 0.3) is 0 Å². The lowest BCUT2D eigenvalue weighted by Crippen LogP contribution is -2.02. The highest BCUT2D eigenvalue weighted by Crippen LogP contribution is 2.16. The van der Waals surface area contributed by atoms with Crippen molar-refractivity contribution in [3.05, 3.63) is 36.4 Å². The van der Waals surface area contributed by atoms with E-state index in [-0.39, 0.29) is 0 Å². The lowest BCUT2D eigenvalue weighted by atomic mass is 9.90. The minimum Gasteiger partial charge on any atom is -0.508 e. The Kier molecular flexibility index (Phi) is 1.54. The van der Waals surface area contributed by atoms with Crippen molar-refractivity contribution >= 4 is 24.1 Å². The van der Waals surface area contributed by atoms with E-state index in [0.717, 1.165) is 10.8 Å². The molecule has 2 heteroatoms. The van der Waals surface area contributed by atoms with E-state index >= 15 is 0 Å². The van der Waals surface area contributed by atoms with Crippen LogP contribution < -0.4 is 5.46 Å². The molecule has 0 bridgehead atoms. The highest BCUT2D eigenvalue weighted by atomic mass is 16.3. The van der Waals surface area contributed by atoms with Crippen LogP contribution in [0.5, 0.6) is 5.75 Å². The summed E-state index contributed by atoms with van der Waals surface area (Å²) >= 11 is 0. The number of hydrogen-bond donors (Lipinski definition) is 1. The first-order valence-corrected chi connectivity index (χ1v) is 3.96. The Morgan fingerprint density at radius 2 is 1.83 bits per heavy atom. The second-order valence-corrected chi connectivity index (χ2v) is 2.98. The fourth-order valence-corrected chi connectivity index (χ4v) is 1.48. The van der Waals surface area contributed by atoms with Crippen molar-refractivity contribution < 1.29 is 5.11 Å². The van der Waals surface area contributed by atoms with Crippen LogP contribution >= 0.6 is 0 Å². The summed E-state index contributed by atoms with van der Waals surface area (Å²) in [4.78, 5) is 0. The van der Waals surface area contributed by atoms with Crippen LogP contribution in [-0.4, -0.2) is 13.0 Å². The van der Waals surface area contributed by atoms with Gasteiger partial charge in [0.2, 0.25) is 0 Å². The molecular formula is C10H9BO. The summed E-state index contributed by atoms with van der Waals surface area (Å²) in [7, 11) is 2.00. The normalized spacial score (nSPS) is 10.3. The van der Waals surface area contributed by atoms with Gasteiger partial charge in [0, 0.05) is 0 Å². The van der Waals surface area contributed by atoms with Gasteiger partial charge in [-0.1, -0.05) is 29.7 Å². The van der Waals surface area contributed by atoms with E-state index in [1.165, 1.54) is 5.39 Å². The monoisotopic (exact) mass is 156 g/mol. The smallest absolute Gasteiger partial charge is 0.140 e. The van der Waals surface area contributed by atoms with Gasteiger partial charge in [0.15, 0.2) is 0 Å². The van der Waals surface area contributed by atoms with Gasteiger partial charge in [-0.05, 0) is 22.9 Å². The van der Waals surface area contributed by atoms with Crippen molar-refractivity contribution in [1.29, 1.82) is 0 Å². The van der Waals surface area contributed by atoms with Crippen LogP contribution in [0.1, 0.15) is 0 Å². The average molecular weight is 156 g/mol. The molecule has 0 saturated heterocycles. The van der Waals surface area contributed by atoms with Crippen LogP contribution in [0.25, 0.3) is 10.8 Å². The molecule has 1 nitrogen and oxygen atoms in total. The number of aromatic hydroxyl groups is 1. The molecule has 0 aromatic heterocycles. The van der Waals surface area contributed by atoms with E-state index in [1.807, 2.05) is 26.0 Å². The van der Waals surface area contributed by atoms with Gasteiger partial charge in [-0.25, -0.2) is 0 Å². The van der Waals surface area contributed by atoms with Crippen molar-refractivity contribution in [3.63, 3.8) is 0 Å². The molecule has 0 amide bonds. The summed E-state index contributed by atoms with van der Waals surface area (Å²) in [6.45, 7) is 0. The van der Waals surface area contributed by atoms with Gasteiger partial charge < -0.3 is 5.11 Å². The third-order valence-corrected chi connectivity index (χ3v) is 2.05. The first-order valence-electron chi connectivity index (χ1n) is 3.96. The summed E-state index contributed by atoms with van der Waals surface area (Å²) in [5.74, 6) is 0.339. The fraction of sp³-hybridized carbons (Fsp3) is 0. The molecule has 0 aliphatic rings. The molecule has 2 aromatic carbocycles. The number of phenolic OH excluding ortho intramolecular Hbond substituents is 1. The van der Waals surface area contributed by atoms with E-state index in [1.54, 1.807) is 12.1 Å². The van der Waals surface area contributed by atoms with Crippen LogP contribution in [0.2, 0.25) is 0 Å². The molecule has 0 radical (unpaired) electrons. The molecule has 0 unspecified atom stereocenters. The Morgan fingerprint density at radius 1 is 1.08 bits per heavy atom. The standard InChI is InChI=1S/C10H9BO/c11-10-6-8(12)5-7-3-1-2-4-9(7)10/h1-6,12H,11H2. The minimum absolute atomic E-state index is 0.339. The number of hydrogen-bond acceptors (Lipinski definition) is 1. The van der Waals surface area contributed by atoms with Crippen molar-refractivity contribution in [2.24, 2.45) is 0 Å². The highest BCUT2D eigenvalue weighted by Gasteiger charge is 1.97. The summed E-state index contributed by atoms with van der Waals surface area (Å²) in [5.41, 5.74) is 1.12. The first-order chi connectivity index (χ1) is 5.77. The zero-order valence-corrected chi connectivity index (χ0v) is 6.91. The molecule has 58 valence electrons. The zero-order valence-electron chi connectivity index (χ0n) is 6.91. The quantitative estimate of drug-likeness (QED) is 0.559. The topological polar surface area (TPSA) is 20.2 Å². The fourth-order valence-electron chi connectivity index (χ4n) is 1.48. The molecular weight excluding hydrogens is 147 g/mol. The van der Waals surface area contributed by atoms with E-state index < -0.39 is 0 Å². The molecule has 0 fully saturated rings. The number of benzene rings is 2. The molecule has 0 atom stereocenters. The van der Waals surface area contributed by atoms with E-state index in [2.05, 4.69) is 6.07 Å². The van der Waals surface area contributed by atoms with Crippen LogP contribution in [0, 0.1) is 0 Å². The molecule has 2 aromatic rings. The van der Waals surface area contributed by atoms with E-state index in [4.69, 9.17) is 0 Å². The van der Waals surface area contributed by atoms with Gasteiger partial charge in [0.1, 0.15) is 13.6 Å². The van der Waals surface area contributed by atoms with Gasteiger partial charge in [0.05, 0.1) is 0 Å². The van der Waals surface area contributed by atoms with Gasteiger partial charge >= 0.3 is 0 Å². The van der Waals surface area contributed by atoms with Gasteiger partial charge in [-0.15, -0.1) is 0 Å². The van der Waals surface area contributed by atoms with Crippen molar-refractivity contribution in [1.82, 2.24) is 0 Å². The number of phenols is 1. The average Bonchev–Trinajstić information content (AvgIpc) is 2.04. The van der Waals surface area contributed by atoms with E-state index in [9.17, 15) is 5.11 Å². The Hall–Kier alpha value is -1.44. The maximum Gasteiger partial charge on any atom is 0.140 e. The predicted octanol–water partition coefficient (Wildman–Crippen LogP) is 0.804. The molecule has 0 aliphatic heterocycles. The molecule has 12 heavy (non-hydrogen) atoms. The molecule has 2 rings (SSSR count). The maximum atomic E-state index is 9.31. The molecule has 0 spiro atoms. The second-order valence-electron chi connectivity index (χ2n) is 2.98. The van der Waals surface area contributed by atoms with Crippen LogP contribution in [0.15, 0.2) is 36.4 Å². The number of rotatable bonds is 0. The summed E-state index contributed by atoms with van der Waals surface area (Å²) in [6, 6.07) is 11.6. The largest absolute Gasteiger partial charge is 0.508 e. The lowest BCUT2D eigenvalue weighted by molar-refractivity contribution is 0.476. The molecule has 0 saturated carbocycles. The van der Waals surface area contributed by atoms with Gasteiger partial charge in [-0.3, -0.25) is 0 Å². The molecule has 1 N–H and O–H groups in total. The summed E-state index contributed by atoms with van der Waals surface area (Å²) in [6.07, 6.45) is 0. The molecule has 0 heterocycles. The lowest BCUT2D eigenvalue weighted by Gasteiger charge is -2.02. The van der Waals surface area contributed by atoms with Crippen LogP contribution in [0.4, 0.5) is 0 Å². The predicted molar refractivity (Wildman–Crippen MR) is 53.8 cm³/mol. The Bertz CT molecular complexity index is 423. The third kappa shape index (κ3) is 1.05. The second kappa shape index (κ2) is 2.56. The van der Waals surface area contributed by atoms with Crippen LogP contribution in [0.3, 0.4) is 0 Å². The Labute approximate surface area is 72.1 Å². The highest BCUT2D eigenvalue weighted by molar-refractivity contribution is 6.39. The number of fused-ring (bicyclic) bond motifs is 1. The van der Waals surface area contributed by atoms with Crippen molar-refractivity contribution in [3.8, 4) is 5.75 Å². The van der Waals surface area contributed by atoms with E-state index in [0.29, 0.717) is 5.75 Å².